The minimum absolute atomic E-state index is 1.17. The largest absolute Gasteiger partial charge is 0.152 e. The number of alkyl halides is 1. The molecule has 0 bridgehead atoms. The highest BCUT2D eigenvalue weighted by atomic mass is 79.9. The Kier molecular flexibility index (Phi) is 9.20. The van der Waals surface area contributed by atoms with E-state index in [0.717, 1.165) is 0 Å². The molecular weight excluding hydrogens is 280 g/mol. The molecule has 0 atom stereocenters. The van der Waals surface area contributed by atoms with Crippen LogP contribution in [-0.2, 0) is 6.42 Å². The Morgan fingerprint density at radius 1 is 0.875 bits per heavy atom. The van der Waals surface area contributed by atoms with Crippen LogP contribution in [0.5, 0.6) is 0 Å². The molecule has 0 fully saturated rings. The van der Waals surface area contributed by atoms with Gasteiger partial charge in [0.25, 0.3) is 0 Å². The van der Waals surface area contributed by atoms with Gasteiger partial charge in [0.05, 0.1) is 0 Å². The van der Waals surface area contributed by atoms with Crippen molar-refractivity contribution >= 4 is 27.3 Å². The molecule has 92 valence electrons. The predicted molar refractivity (Wildman–Crippen MR) is 78.8 cm³/mol. The number of unbranched alkanes of at least 4 members (excludes halogenated alkanes) is 7. The molecule has 0 saturated heterocycles. The van der Waals surface area contributed by atoms with Crippen molar-refractivity contribution in [1.82, 2.24) is 0 Å². The van der Waals surface area contributed by atoms with E-state index in [1.54, 1.807) is 0 Å². The predicted octanol–water partition coefficient (Wildman–Crippen LogP) is 5.81. The molecule has 0 N–H and O–H groups in total. The molecule has 0 aliphatic carbocycles. The Labute approximate surface area is 113 Å². The highest BCUT2D eigenvalue weighted by Crippen LogP contribution is 2.13. The molecular formula is C14H23BrS. The summed E-state index contributed by atoms with van der Waals surface area (Å²) >= 11 is 5.29. The van der Waals surface area contributed by atoms with E-state index in [9.17, 15) is 0 Å². The Bertz CT molecular complexity index is 231. The summed E-state index contributed by atoms with van der Waals surface area (Å²) in [5.41, 5.74) is 1.53. The van der Waals surface area contributed by atoms with Crippen LogP contribution in [0.25, 0.3) is 0 Å². The van der Waals surface area contributed by atoms with Gasteiger partial charge in [-0.1, -0.05) is 54.5 Å². The first kappa shape index (κ1) is 14.2. The van der Waals surface area contributed by atoms with Crippen molar-refractivity contribution in [3.8, 4) is 0 Å². The zero-order chi connectivity index (χ0) is 11.5. The molecule has 0 amide bonds. The van der Waals surface area contributed by atoms with Crippen LogP contribution in [-0.4, -0.2) is 5.33 Å². The van der Waals surface area contributed by atoms with Gasteiger partial charge in [-0.2, -0.15) is 11.3 Å². The van der Waals surface area contributed by atoms with Gasteiger partial charge in [-0.15, -0.1) is 0 Å². The number of thiophene rings is 1. The minimum atomic E-state index is 1.17. The maximum atomic E-state index is 3.47. The lowest BCUT2D eigenvalue weighted by Gasteiger charge is -2.01. The van der Waals surface area contributed by atoms with Crippen molar-refractivity contribution in [2.24, 2.45) is 0 Å². The molecule has 1 rings (SSSR count). The second kappa shape index (κ2) is 10.3. The number of hydrogen-bond acceptors (Lipinski definition) is 1. The lowest BCUT2D eigenvalue weighted by molar-refractivity contribution is 0.577. The molecule has 2 heteroatoms. The summed E-state index contributed by atoms with van der Waals surface area (Å²) in [7, 11) is 0. The summed E-state index contributed by atoms with van der Waals surface area (Å²) < 4.78 is 0. The molecule has 0 radical (unpaired) electrons. The van der Waals surface area contributed by atoms with Gasteiger partial charge >= 0.3 is 0 Å². The van der Waals surface area contributed by atoms with Crippen LogP contribution in [0.15, 0.2) is 16.8 Å². The fraction of sp³-hybridized carbons (Fsp3) is 0.714. The molecule has 1 aromatic rings. The fourth-order valence-electron chi connectivity index (χ4n) is 1.92. The molecule has 1 aromatic heterocycles. The normalized spacial score (nSPS) is 10.8. The monoisotopic (exact) mass is 302 g/mol. The molecule has 1 heterocycles. The Hall–Kier alpha value is 0.180. The topological polar surface area (TPSA) is 0 Å². The van der Waals surface area contributed by atoms with Crippen LogP contribution in [0.2, 0.25) is 0 Å². The molecule has 0 nitrogen and oxygen atoms in total. The average Bonchev–Trinajstić information content (AvgIpc) is 2.80. The number of halogens is 1. The zero-order valence-corrected chi connectivity index (χ0v) is 12.5. The zero-order valence-electron chi connectivity index (χ0n) is 10.1. The van der Waals surface area contributed by atoms with Gasteiger partial charge in [-0.3, -0.25) is 0 Å². The van der Waals surface area contributed by atoms with Crippen LogP contribution in [0.3, 0.4) is 0 Å². The smallest absolute Gasteiger partial charge is 0.00313 e. The molecule has 0 aliphatic heterocycles. The summed E-state index contributed by atoms with van der Waals surface area (Å²) in [6.07, 6.45) is 12.5. The van der Waals surface area contributed by atoms with E-state index in [1.807, 2.05) is 11.3 Å². The van der Waals surface area contributed by atoms with Crippen molar-refractivity contribution in [2.45, 2.75) is 57.8 Å². The second-order valence-electron chi connectivity index (χ2n) is 4.40. The quantitative estimate of drug-likeness (QED) is 0.378. The van der Waals surface area contributed by atoms with Crippen molar-refractivity contribution in [3.05, 3.63) is 22.4 Å². The third kappa shape index (κ3) is 7.45. The maximum Gasteiger partial charge on any atom is 0.00313 e. The highest BCUT2D eigenvalue weighted by Gasteiger charge is 1.94. The summed E-state index contributed by atoms with van der Waals surface area (Å²) in [4.78, 5) is 0. The Balaban J connectivity index is 1.78. The van der Waals surface area contributed by atoms with Gasteiger partial charge in [0, 0.05) is 5.33 Å². The number of hydrogen-bond donors (Lipinski definition) is 0. The lowest BCUT2D eigenvalue weighted by Crippen LogP contribution is -1.84. The molecule has 0 aromatic carbocycles. The van der Waals surface area contributed by atoms with E-state index in [-0.39, 0.29) is 0 Å². The minimum Gasteiger partial charge on any atom is -0.152 e. The van der Waals surface area contributed by atoms with E-state index in [0.29, 0.717) is 0 Å². The molecule has 0 unspecified atom stereocenters. The van der Waals surface area contributed by atoms with Crippen LogP contribution in [0.4, 0.5) is 0 Å². The molecule has 0 aliphatic rings. The van der Waals surface area contributed by atoms with E-state index in [2.05, 4.69) is 32.8 Å². The van der Waals surface area contributed by atoms with Crippen molar-refractivity contribution in [1.29, 1.82) is 0 Å². The first-order chi connectivity index (χ1) is 7.93. The van der Waals surface area contributed by atoms with Gasteiger partial charge in [-0.05, 0) is 41.7 Å². The van der Waals surface area contributed by atoms with E-state index >= 15 is 0 Å². The fourth-order valence-corrected chi connectivity index (χ4v) is 3.02. The van der Waals surface area contributed by atoms with Gasteiger partial charge in [0.1, 0.15) is 0 Å². The van der Waals surface area contributed by atoms with E-state index in [1.165, 1.54) is 68.7 Å². The summed E-state index contributed by atoms with van der Waals surface area (Å²) in [6.45, 7) is 0. The molecule has 16 heavy (non-hydrogen) atoms. The summed E-state index contributed by atoms with van der Waals surface area (Å²) in [5.74, 6) is 0. The van der Waals surface area contributed by atoms with Crippen LogP contribution < -0.4 is 0 Å². The van der Waals surface area contributed by atoms with Gasteiger partial charge in [0.15, 0.2) is 0 Å². The van der Waals surface area contributed by atoms with Crippen molar-refractivity contribution in [3.63, 3.8) is 0 Å². The van der Waals surface area contributed by atoms with Gasteiger partial charge < -0.3 is 0 Å². The molecule has 0 saturated carbocycles. The Morgan fingerprint density at radius 3 is 2.06 bits per heavy atom. The SMILES string of the molecule is BrCCCCCCCCCCc1ccsc1. The summed E-state index contributed by atoms with van der Waals surface area (Å²) in [6, 6.07) is 2.25. The van der Waals surface area contributed by atoms with Crippen LogP contribution in [0.1, 0.15) is 56.9 Å². The third-order valence-electron chi connectivity index (χ3n) is 2.93. The van der Waals surface area contributed by atoms with Crippen LogP contribution in [0, 0.1) is 0 Å². The van der Waals surface area contributed by atoms with Crippen LogP contribution >= 0.6 is 27.3 Å². The average molecular weight is 303 g/mol. The standard InChI is InChI=1S/C14H23BrS/c15-11-8-6-4-2-1-3-5-7-9-14-10-12-16-13-14/h10,12-13H,1-9,11H2. The van der Waals surface area contributed by atoms with E-state index < -0.39 is 0 Å². The second-order valence-corrected chi connectivity index (χ2v) is 5.97. The number of aryl methyl sites for hydroxylation is 1. The van der Waals surface area contributed by atoms with Crippen molar-refractivity contribution in [2.75, 3.05) is 5.33 Å². The Morgan fingerprint density at radius 2 is 1.50 bits per heavy atom. The van der Waals surface area contributed by atoms with Crippen molar-refractivity contribution < 1.29 is 0 Å². The third-order valence-corrected chi connectivity index (χ3v) is 4.22. The maximum absolute atomic E-state index is 3.47. The first-order valence-electron chi connectivity index (χ1n) is 6.50. The van der Waals surface area contributed by atoms with E-state index in [4.69, 9.17) is 0 Å². The highest BCUT2D eigenvalue weighted by molar-refractivity contribution is 9.09. The first-order valence-corrected chi connectivity index (χ1v) is 8.57. The van der Waals surface area contributed by atoms with Gasteiger partial charge in [0.2, 0.25) is 0 Å². The molecule has 0 spiro atoms. The number of rotatable bonds is 10. The summed E-state index contributed by atoms with van der Waals surface area (Å²) in [5, 5.41) is 5.63. The van der Waals surface area contributed by atoms with Gasteiger partial charge in [-0.25, -0.2) is 0 Å². The lowest BCUT2D eigenvalue weighted by atomic mass is 10.1.